The van der Waals surface area contributed by atoms with Crippen LogP contribution in [0.25, 0.3) is 10.9 Å². The maximum Gasteiger partial charge on any atom is 0.251 e. The average molecular weight is 412 g/mol. The van der Waals surface area contributed by atoms with Crippen LogP contribution in [0.4, 0.5) is 0 Å². The molecule has 6 heteroatoms. The number of aromatic nitrogens is 1. The Balaban J connectivity index is 1.16. The molecular formula is C25H20N2O4. The third-order valence-electron chi connectivity index (χ3n) is 5.05. The normalized spacial score (nSPS) is 12.0. The van der Waals surface area contributed by atoms with Gasteiger partial charge in [-0.25, -0.2) is 4.98 Å². The first-order valence-electron chi connectivity index (χ1n) is 9.99. The highest BCUT2D eigenvalue weighted by atomic mass is 16.7. The monoisotopic (exact) mass is 412 g/mol. The molecule has 3 aromatic carbocycles. The Kier molecular flexibility index (Phi) is 5.10. The summed E-state index contributed by atoms with van der Waals surface area (Å²) in [4.78, 5) is 17.1. The summed E-state index contributed by atoms with van der Waals surface area (Å²) in [5.41, 5.74) is 3.31. The van der Waals surface area contributed by atoms with E-state index in [1.165, 1.54) is 0 Å². The van der Waals surface area contributed by atoms with Crippen molar-refractivity contribution >= 4 is 16.8 Å². The number of ether oxygens (including phenoxy) is 3. The van der Waals surface area contributed by atoms with Crippen LogP contribution in [0.2, 0.25) is 0 Å². The molecule has 0 saturated carbocycles. The van der Waals surface area contributed by atoms with Crippen molar-refractivity contribution in [3.8, 4) is 17.2 Å². The van der Waals surface area contributed by atoms with Gasteiger partial charge in [0.15, 0.2) is 11.5 Å². The molecule has 6 nitrogen and oxygen atoms in total. The minimum atomic E-state index is -0.152. The lowest BCUT2D eigenvalue weighted by atomic mass is 10.1. The average Bonchev–Trinajstić information content (AvgIpc) is 3.29. The lowest BCUT2D eigenvalue weighted by molar-refractivity contribution is 0.0950. The molecule has 0 bridgehead atoms. The molecule has 0 unspecified atom stereocenters. The van der Waals surface area contributed by atoms with E-state index in [1.807, 2.05) is 54.6 Å². The van der Waals surface area contributed by atoms with Gasteiger partial charge in [-0.3, -0.25) is 4.79 Å². The Labute approximate surface area is 179 Å². The predicted octanol–water partition coefficient (Wildman–Crippen LogP) is 4.47. The van der Waals surface area contributed by atoms with E-state index in [2.05, 4.69) is 10.3 Å². The van der Waals surface area contributed by atoms with E-state index in [1.54, 1.807) is 24.3 Å². The van der Waals surface area contributed by atoms with Crippen molar-refractivity contribution in [2.75, 3.05) is 6.79 Å². The number of rotatable bonds is 6. The van der Waals surface area contributed by atoms with Crippen LogP contribution in [0.5, 0.6) is 17.2 Å². The van der Waals surface area contributed by atoms with Gasteiger partial charge in [-0.05, 0) is 54.1 Å². The summed E-state index contributed by atoms with van der Waals surface area (Å²) in [7, 11) is 0. The Morgan fingerprint density at radius 3 is 2.68 bits per heavy atom. The Morgan fingerprint density at radius 1 is 0.935 bits per heavy atom. The molecular weight excluding hydrogens is 392 g/mol. The molecule has 1 aliphatic heterocycles. The van der Waals surface area contributed by atoms with E-state index in [9.17, 15) is 4.79 Å². The zero-order valence-electron chi connectivity index (χ0n) is 16.7. The molecule has 31 heavy (non-hydrogen) atoms. The van der Waals surface area contributed by atoms with Crippen LogP contribution in [-0.4, -0.2) is 17.7 Å². The number of nitrogens with one attached hydrogen (secondary N) is 1. The summed E-state index contributed by atoms with van der Waals surface area (Å²) in [5.74, 6) is 1.96. The van der Waals surface area contributed by atoms with Gasteiger partial charge >= 0.3 is 0 Å². The molecule has 0 aliphatic carbocycles. The Bertz CT molecular complexity index is 1240. The van der Waals surface area contributed by atoms with Crippen molar-refractivity contribution in [3.05, 3.63) is 95.7 Å². The standard InChI is InChI=1S/C25H20N2O4/c28-25(26-14-17-5-12-23-24(13-17)31-16-30-23)19-7-10-21(11-8-19)29-15-20-9-6-18-3-1-2-4-22(18)27-20/h1-13H,14-16H2,(H,26,28). The molecule has 1 aliphatic rings. The number of pyridine rings is 1. The minimum absolute atomic E-state index is 0.152. The van der Waals surface area contributed by atoms with Crippen molar-refractivity contribution in [1.82, 2.24) is 10.3 Å². The molecule has 1 amide bonds. The second-order valence-corrected chi connectivity index (χ2v) is 7.18. The number of para-hydroxylation sites is 1. The van der Waals surface area contributed by atoms with Crippen molar-refractivity contribution in [3.63, 3.8) is 0 Å². The van der Waals surface area contributed by atoms with E-state index >= 15 is 0 Å². The third kappa shape index (κ3) is 4.28. The maximum absolute atomic E-state index is 12.4. The van der Waals surface area contributed by atoms with Gasteiger partial charge < -0.3 is 19.5 Å². The highest BCUT2D eigenvalue weighted by Crippen LogP contribution is 2.32. The summed E-state index contributed by atoms with van der Waals surface area (Å²) in [5, 5.41) is 4.01. The highest BCUT2D eigenvalue weighted by molar-refractivity contribution is 5.94. The lowest BCUT2D eigenvalue weighted by Gasteiger charge is -2.09. The number of carbonyl (C=O) groups is 1. The van der Waals surface area contributed by atoms with Gasteiger partial charge in [-0.2, -0.15) is 0 Å². The smallest absolute Gasteiger partial charge is 0.251 e. The van der Waals surface area contributed by atoms with Crippen LogP contribution in [0, 0.1) is 0 Å². The SMILES string of the molecule is O=C(NCc1ccc2c(c1)OCO2)c1ccc(OCc2ccc3ccccc3n2)cc1. The largest absolute Gasteiger partial charge is 0.487 e. The molecule has 0 saturated heterocycles. The van der Waals surface area contributed by atoms with Gasteiger partial charge in [0.1, 0.15) is 12.4 Å². The molecule has 4 aromatic rings. The van der Waals surface area contributed by atoms with E-state index in [4.69, 9.17) is 14.2 Å². The Hall–Kier alpha value is -4.06. The zero-order chi connectivity index (χ0) is 21.0. The van der Waals surface area contributed by atoms with Crippen LogP contribution >= 0.6 is 0 Å². The van der Waals surface area contributed by atoms with Gasteiger partial charge in [0.25, 0.3) is 5.91 Å². The molecule has 1 aromatic heterocycles. The number of hydrogen-bond donors (Lipinski definition) is 1. The maximum atomic E-state index is 12.4. The van der Waals surface area contributed by atoms with E-state index in [0.29, 0.717) is 30.2 Å². The first-order valence-corrected chi connectivity index (χ1v) is 9.99. The number of carbonyl (C=O) groups excluding carboxylic acids is 1. The summed E-state index contributed by atoms with van der Waals surface area (Å²) in [6.07, 6.45) is 0. The number of nitrogens with zero attached hydrogens (tertiary/aromatic N) is 1. The van der Waals surface area contributed by atoms with Crippen LogP contribution in [-0.2, 0) is 13.2 Å². The fraction of sp³-hybridized carbons (Fsp3) is 0.120. The summed E-state index contributed by atoms with van der Waals surface area (Å²) in [6, 6.07) is 24.7. The third-order valence-corrected chi connectivity index (χ3v) is 5.05. The van der Waals surface area contributed by atoms with Gasteiger partial charge in [-0.1, -0.05) is 30.3 Å². The van der Waals surface area contributed by atoms with Gasteiger partial charge in [0.05, 0.1) is 11.2 Å². The number of amides is 1. The van der Waals surface area contributed by atoms with E-state index in [-0.39, 0.29) is 12.7 Å². The van der Waals surface area contributed by atoms with Crippen molar-refractivity contribution in [1.29, 1.82) is 0 Å². The van der Waals surface area contributed by atoms with E-state index in [0.717, 1.165) is 27.9 Å². The van der Waals surface area contributed by atoms with Gasteiger partial charge in [0.2, 0.25) is 6.79 Å². The second kappa shape index (κ2) is 8.36. The molecule has 0 spiro atoms. The fourth-order valence-electron chi connectivity index (χ4n) is 3.38. The van der Waals surface area contributed by atoms with Crippen molar-refractivity contribution < 1.29 is 19.0 Å². The van der Waals surface area contributed by atoms with Gasteiger partial charge in [0, 0.05) is 17.5 Å². The Morgan fingerprint density at radius 2 is 1.77 bits per heavy atom. The first-order chi connectivity index (χ1) is 15.2. The van der Waals surface area contributed by atoms with E-state index < -0.39 is 0 Å². The number of benzene rings is 3. The summed E-state index contributed by atoms with van der Waals surface area (Å²) in [6.45, 7) is 0.998. The van der Waals surface area contributed by atoms with Crippen LogP contribution in [0.3, 0.4) is 0 Å². The molecule has 154 valence electrons. The quantitative estimate of drug-likeness (QED) is 0.506. The number of fused-ring (bicyclic) bond motifs is 2. The number of hydrogen-bond acceptors (Lipinski definition) is 5. The molecule has 2 heterocycles. The minimum Gasteiger partial charge on any atom is -0.487 e. The van der Waals surface area contributed by atoms with Crippen LogP contribution in [0.1, 0.15) is 21.6 Å². The highest BCUT2D eigenvalue weighted by Gasteiger charge is 2.13. The lowest BCUT2D eigenvalue weighted by Crippen LogP contribution is -2.22. The molecule has 0 fully saturated rings. The van der Waals surface area contributed by atoms with Gasteiger partial charge in [-0.15, -0.1) is 0 Å². The molecule has 0 atom stereocenters. The zero-order valence-corrected chi connectivity index (χ0v) is 16.7. The van der Waals surface area contributed by atoms with Crippen molar-refractivity contribution in [2.45, 2.75) is 13.2 Å². The van der Waals surface area contributed by atoms with Crippen LogP contribution < -0.4 is 19.5 Å². The fourth-order valence-corrected chi connectivity index (χ4v) is 3.38. The summed E-state index contributed by atoms with van der Waals surface area (Å²) < 4.78 is 16.5. The van der Waals surface area contributed by atoms with Crippen LogP contribution in [0.15, 0.2) is 78.9 Å². The van der Waals surface area contributed by atoms with Crippen molar-refractivity contribution in [2.24, 2.45) is 0 Å². The molecule has 1 N–H and O–H groups in total. The first kappa shape index (κ1) is 18.9. The molecule has 0 radical (unpaired) electrons. The topological polar surface area (TPSA) is 69.7 Å². The second-order valence-electron chi connectivity index (χ2n) is 7.18. The summed E-state index contributed by atoms with van der Waals surface area (Å²) >= 11 is 0. The predicted molar refractivity (Wildman–Crippen MR) is 116 cm³/mol. The molecule has 5 rings (SSSR count).